The van der Waals surface area contributed by atoms with E-state index in [4.69, 9.17) is 26.8 Å². The summed E-state index contributed by atoms with van der Waals surface area (Å²) in [5.41, 5.74) is 7.82. The molecule has 7 nitrogen and oxygen atoms in total. The van der Waals surface area contributed by atoms with Crippen LogP contribution in [0.3, 0.4) is 0 Å². The zero-order chi connectivity index (χ0) is 18.4. The number of rotatable bonds is 6. The van der Waals surface area contributed by atoms with E-state index in [-0.39, 0.29) is 0 Å². The van der Waals surface area contributed by atoms with Gasteiger partial charge in [-0.3, -0.25) is 4.99 Å². The van der Waals surface area contributed by atoms with Gasteiger partial charge in [0.05, 0.1) is 46.2 Å². The molecule has 0 fully saturated rings. The Morgan fingerprint density at radius 1 is 1.38 bits per heavy atom. The first-order chi connectivity index (χ1) is 12.7. The van der Waals surface area contributed by atoms with Crippen LogP contribution in [-0.2, 0) is 0 Å². The number of nitrogens with one attached hydrogen (secondary N) is 1. The molecule has 0 aromatic carbocycles. The van der Waals surface area contributed by atoms with Crippen molar-refractivity contribution < 1.29 is 9.47 Å². The Bertz CT molecular complexity index is 844. The predicted molar refractivity (Wildman–Crippen MR) is 104 cm³/mol. The summed E-state index contributed by atoms with van der Waals surface area (Å²) in [7, 11) is 0. The molecule has 0 saturated heterocycles. The third-order valence-corrected chi connectivity index (χ3v) is 4.40. The van der Waals surface area contributed by atoms with E-state index in [0.717, 1.165) is 21.9 Å². The second-order valence-corrected chi connectivity index (χ2v) is 6.43. The normalized spacial score (nSPS) is 13.5. The first-order valence-corrected chi connectivity index (χ1v) is 9.18. The average Bonchev–Trinajstić information content (AvgIpc) is 2.84. The first-order valence-electron chi connectivity index (χ1n) is 7.98. The monoisotopic (exact) mass is 391 g/mol. The van der Waals surface area contributed by atoms with Crippen molar-refractivity contribution in [2.75, 3.05) is 24.5 Å². The lowest BCUT2D eigenvalue weighted by Gasteiger charge is -2.12. The maximum atomic E-state index is 6.04. The molecule has 1 aliphatic heterocycles. The molecule has 0 radical (unpaired) electrons. The maximum absolute atomic E-state index is 6.04. The number of hydrogen-bond donors (Lipinski definition) is 2. The third-order valence-electron chi connectivity index (χ3n) is 3.34. The lowest BCUT2D eigenvalue weighted by Crippen LogP contribution is -2.03. The number of halogens is 1. The highest BCUT2D eigenvalue weighted by Gasteiger charge is 2.15. The lowest BCUT2D eigenvalue weighted by molar-refractivity contribution is 0.318. The number of pyridine rings is 2. The molecule has 0 aliphatic carbocycles. The number of aliphatic imine (C=N–C) groups is 1. The van der Waals surface area contributed by atoms with Crippen molar-refractivity contribution in [3.63, 3.8) is 0 Å². The molecule has 9 heteroatoms. The summed E-state index contributed by atoms with van der Waals surface area (Å²) in [6.45, 7) is 3.46. The zero-order valence-corrected chi connectivity index (χ0v) is 15.7. The third kappa shape index (κ3) is 4.39. The largest absolute Gasteiger partial charge is 0.477 e. The molecule has 2 aromatic heterocycles. The molecule has 3 N–H and O–H groups in total. The molecule has 3 rings (SSSR count). The lowest BCUT2D eigenvalue weighted by atomic mass is 10.1. The summed E-state index contributed by atoms with van der Waals surface area (Å²) in [6.07, 6.45) is 6.44. The number of allylic oxidation sites excluding steroid dienone is 1. The second kappa shape index (κ2) is 8.77. The van der Waals surface area contributed by atoms with Crippen LogP contribution >= 0.6 is 23.5 Å². The van der Waals surface area contributed by atoms with E-state index in [2.05, 4.69) is 19.7 Å². The predicted octanol–water partition coefficient (Wildman–Crippen LogP) is 3.30. The van der Waals surface area contributed by atoms with Crippen molar-refractivity contribution >= 4 is 34.9 Å². The summed E-state index contributed by atoms with van der Waals surface area (Å²) in [5, 5.41) is 0.536. The van der Waals surface area contributed by atoms with E-state index in [0.29, 0.717) is 36.5 Å². The Morgan fingerprint density at radius 2 is 2.27 bits per heavy atom. The number of hydrogen-bond acceptors (Lipinski definition) is 8. The minimum Gasteiger partial charge on any atom is -0.477 e. The quantitative estimate of drug-likeness (QED) is 0.729. The van der Waals surface area contributed by atoms with E-state index in [1.807, 2.05) is 13.0 Å². The molecule has 3 heterocycles. The van der Waals surface area contributed by atoms with Crippen LogP contribution in [-0.4, -0.2) is 35.4 Å². The smallest absolute Gasteiger partial charge is 0.229 e. The summed E-state index contributed by atoms with van der Waals surface area (Å²) in [5.74, 6) is 1.06. The summed E-state index contributed by atoms with van der Waals surface area (Å²) in [4.78, 5) is 13.8. The first kappa shape index (κ1) is 18.3. The van der Waals surface area contributed by atoms with Crippen LogP contribution in [0.25, 0.3) is 0 Å². The Hall–Kier alpha value is -2.45. The number of fused-ring (bicyclic) bond motifs is 1. The molecular formula is C17H18ClN5O2S. The second-order valence-electron chi connectivity index (χ2n) is 5.15. The molecular weight excluding hydrogens is 374 g/mol. The highest BCUT2D eigenvalue weighted by Crippen LogP contribution is 2.32. The van der Waals surface area contributed by atoms with Gasteiger partial charge in [-0.05, 0) is 43.3 Å². The fourth-order valence-electron chi connectivity index (χ4n) is 2.27. The summed E-state index contributed by atoms with van der Waals surface area (Å²) < 4.78 is 14.4. The number of ether oxygens (including phenoxy) is 2. The Kier molecular flexibility index (Phi) is 6.19. The summed E-state index contributed by atoms with van der Waals surface area (Å²) in [6, 6.07) is 3.71. The summed E-state index contributed by atoms with van der Waals surface area (Å²) >= 11 is 7.38. The van der Waals surface area contributed by atoms with Gasteiger partial charge < -0.3 is 19.9 Å². The van der Waals surface area contributed by atoms with Crippen molar-refractivity contribution in [2.45, 2.75) is 11.8 Å². The van der Waals surface area contributed by atoms with Crippen LogP contribution in [0.15, 0.2) is 46.7 Å². The Labute approximate surface area is 160 Å². The number of nitrogens with two attached hydrogens (primary N) is 1. The molecule has 136 valence electrons. The van der Waals surface area contributed by atoms with E-state index in [1.54, 1.807) is 24.5 Å². The van der Waals surface area contributed by atoms with Crippen LogP contribution in [0, 0.1) is 0 Å². The fraction of sp³-hybridized carbons (Fsp3) is 0.235. The minimum absolute atomic E-state index is 0.481. The molecule has 0 atom stereocenters. The number of nitrogens with zero attached hydrogens (tertiary/aromatic N) is 3. The zero-order valence-electron chi connectivity index (χ0n) is 14.1. The molecule has 26 heavy (non-hydrogen) atoms. The van der Waals surface area contributed by atoms with Crippen LogP contribution in [0.4, 0.5) is 5.69 Å². The van der Waals surface area contributed by atoms with Crippen LogP contribution in [0.2, 0.25) is 5.02 Å². The van der Waals surface area contributed by atoms with Gasteiger partial charge in [-0.15, -0.1) is 0 Å². The van der Waals surface area contributed by atoms with Crippen LogP contribution in [0.5, 0.6) is 11.8 Å². The van der Waals surface area contributed by atoms with Crippen molar-refractivity contribution in [1.82, 2.24) is 9.97 Å². The molecule has 2 aromatic rings. The van der Waals surface area contributed by atoms with Crippen LogP contribution in [0.1, 0.15) is 12.5 Å². The van der Waals surface area contributed by atoms with Gasteiger partial charge in [0.2, 0.25) is 11.8 Å². The molecule has 0 bridgehead atoms. The van der Waals surface area contributed by atoms with Crippen molar-refractivity contribution in [3.05, 3.63) is 47.4 Å². The molecule has 0 amide bonds. The Balaban J connectivity index is 1.83. The van der Waals surface area contributed by atoms with E-state index >= 15 is 0 Å². The van der Waals surface area contributed by atoms with Crippen molar-refractivity contribution in [1.29, 1.82) is 0 Å². The van der Waals surface area contributed by atoms with Gasteiger partial charge in [-0.2, -0.15) is 0 Å². The van der Waals surface area contributed by atoms with Crippen LogP contribution < -0.4 is 19.9 Å². The van der Waals surface area contributed by atoms with Gasteiger partial charge in [-0.1, -0.05) is 11.6 Å². The van der Waals surface area contributed by atoms with E-state index in [9.17, 15) is 0 Å². The van der Waals surface area contributed by atoms with Gasteiger partial charge in [0, 0.05) is 6.20 Å². The van der Waals surface area contributed by atoms with E-state index < -0.39 is 0 Å². The molecule has 1 aliphatic rings. The van der Waals surface area contributed by atoms with Crippen molar-refractivity contribution in [3.8, 4) is 11.8 Å². The average molecular weight is 392 g/mol. The minimum atomic E-state index is 0.481. The number of aromatic nitrogens is 2. The van der Waals surface area contributed by atoms with Gasteiger partial charge in [0.25, 0.3) is 0 Å². The highest BCUT2D eigenvalue weighted by molar-refractivity contribution is 8.00. The maximum Gasteiger partial charge on any atom is 0.229 e. The van der Waals surface area contributed by atoms with Gasteiger partial charge in [0.15, 0.2) is 0 Å². The Morgan fingerprint density at radius 3 is 3.08 bits per heavy atom. The van der Waals surface area contributed by atoms with Gasteiger partial charge in [0.1, 0.15) is 6.61 Å². The van der Waals surface area contributed by atoms with Crippen molar-refractivity contribution in [2.24, 2.45) is 10.7 Å². The van der Waals surface area contributed by atoms with E-state index in [1.165, 1.54) is 18.1 Å². The fourth-order valence-corrected chi connectivity index (χ4v) is 3.22. The highest BCUT2D eigenvalue weighted by atomic mass is 35.5. The molecule has 0 spiro atoms. The topological polar surface area (TPSA) is 94.7 Å². The number of anilines is 1. The molecule has 0 unspecified atom stereocenters. The SMILES string of the molecule is CCOc1ncc(Cl)cc1SNc1cnc2c(c1)C(C=CN)=NCCO2. The standard InChI is InChI=1S/C17H18ClN5O2S/c1-2-24-17-15(7-11(18)9-21-17)26-23-12-8-13-14(3-4-19)20-5-6-25-16(13)22-10-12/h3-4,7-10,23H,2,5-6,19H2,1H3. The van der Waals surface area contributed by atoms with Gasteiger partial charge in [-0.25, -0.2) is 9.97 Å². The molecule has 0 saturated carbocycles. The van der Waals surface area contributed by atoms with Gasteiger partial charge >= 0.3 is 0 Å².